The van der Waals surface area contributed by atoms with Gasteiger partial charge in [-0.05, 0) is 31.1 Å². The summed E-state index contributed by atoms with van der Waals surface area (Å²) in [6, 6.07) is 0. The SMILES string of the molecule is CN=C(NCC1CCN(S(C)(=O)=O)CC1)N1CCC(CN2CCOCC2)C1.I. The molecule has 3 heterocycles. The topological polar surface area (TPSA) is 77.5 Å². The Bertz CT molecular complexity index is 604. The number of aliphatic imine (C=N–C) groups is 1. The quantitative estimate of drug-likeness (QED) is 0.318. The minimum Gasteiger partial charge on any atom is -0.379 e. The molecule has 0 saturated carbocycles. The molecule has 28 heavy (non-hydrogen) atoms. The van der Waals surface area contributed by atoms with Crippen LogP contribution in [-0.2, 0) is 14.8 Å². The molecule has 3 rings (SSSR count). The van der Waals surface area contributed by atoms with E-state index in [1.165, 1.54) is 12.7 Å². The van der Waals surface area contributed by atoms with E-state index in [1.54, 1.807) is 4.31 Å². The lowest BCUT2D eigenvalue weighted by Gasteiger charge is -2.31. The molecule has 3 aliphatic rings. The van der Waals surface area contributed by atoms with E-state index in [9.17, 15) is 8.42 Å². The molecule has 3 saturated heterocycles. The van der Waals surface area contributed by atoms with E-state index < -0.39 is 10.0 Å². The summed E-state index contributed by atoms with van der Waals surface area (Å²) >= 11 is 0. The van der Waals surface area contributed by atoms with Gasteiger partial charge >= 0.3 is 0 Å². The van der Waals surface area contributed by atoms with Crippen LogP contribution in [0.3, 0.4) is 0 Å². The van der Waals surface area contributed by atoms with Crippen LogP contribution in [0.25, 0.3) is 0 Å². The molecule has 0 spiro atoms. The monoisotopic (exact) mass is 529 g/mol. The summed E-state index contributed by atoms with van der Waals surface area (Å²) in [7, 11) is -1.20. The van der Waals surface area contributed by atoms with E-state index in [0.717, 1.165) is 71.3 Å². The van der Waals surface area contributed by atoms with Crippen LogP contribution in [0.5, 0.6) is 0 Å². The second-order valence-corrected chi connectivity index (χ2v) is 10.0. The van der Waals surface area contributed by atoms with E-state index in [-0.39, 0.29) is 24.0 Å². The molecule has 0 aromatic carbocycles. The molecule has 0 amide bonds. The number of guanidine groups is 1. The zero-order valence-corrected chi connectivity index (χ0v) is 20.3. The van der Waals surface area contributed by atoms with Gasteiger partial charge in [0.15, 0.2) is 5.96 Å². The van der Waals surface area contributed by atoms with Crippen LogP contribution >= 0.6 is 24.0 Å². The van der Waals surface area contributed by atoms with Gasteiger partial charge in [-0.15, -0.1) is 24.0 Å². The van der Waals surface area contributed by atoms with Crippen LogP contribution in [-0.4, -0.2) is 107 Å². The first-order valence-electron chi connectivity index (χ1n) is 10.2. The van der Waals surface area contributed by atoms with E-state index in [1.807, 2.05) is 7.05 Å². The molecule has 0 aromatic rings. The standard InChI is InChI=1S/C18H35N5O3S.HI/c1-19-18(20-13-16-4-7-23(8-5-16)27(2,24)25)22-6-3-17(15-22)14-21-9-11-26-12-10-21;/h16-17H,3-15H2,1-2H3,(H,19,20);1H. The number of morpholine rings is 1. The Morgan fingerprint density at radius 2 is 1.71 bits per heavy atom. The minimum absolute atomic E-state index is 0. The Hall–Kier alpha value is -0.170. The Balaban J connectivity index is 0.00000280. The van der Waals surface area contributed by atoms with Crippen LogP contribution in [0.1, 0.15) is 19.3 Å². The number of sulfonamides is 1. The summed E-state index contributed by atoms with van der Waals surface area (Å²) in [5, 5.41) is 3.53. The third-order valence-electron chi connectivity index (χ3n) is 6.01. The molecule has 8 nitrogen and oxygen atoms in total. The van der Waals surface area contributed by atoms with Gasteiger partial charge in [0.05, 0.1) is 19.5 Å². The van der Waals surface area contributed by atoms with E-state index >= 15 is 0 Å². The Kier molecular flexibility index (Phi) is 9.71. The molecule has 164 valence electrons. The number of nitrogens with zero attached hydrogens (tertiary/aromatic N) is 4. The van der Waals surface area contributed by atoms with Crippen LogP contribution in [0.4, 0.5) is 0 Å². The first kappa shape index (κ1) is 24.1. The van der Waals surface area contributed by atoms with Crippen molar-refractivity contribution < 1.29 is 13.2 Å². The number of hydrogen-bond acceptors (Lipinski definition) is 5. The maximum Gasteiger partial charge on any atom is 0.211 e. The van der Waals surface area contributed by atoms with Crippen molar-refractivity contribution in [3.63, 3.8) is 0 Å². The molecular weight excluding hydrogens is 493 g/mol. The molecule has 0 aromatic heterocycles. The average molecular weight is 529 g/mol. The van der Waals surface area contributed by atoms with Gasteiger partial charge in [-0.1, -0.05) is 0 Å². The maximum atomic E-state index is 11.6. The van der Waals surface area contributed by atoms with Gasteiger partial charge in [-0.3, -0.25) is 9.89 Å². The Labute approximate surface area is 187 Å². The van der Waals surface area contributed by atoms with Crippen molar-refractivity contribution in [3.8, 4) is 0 Å². The highest BCUT2D eigenvalue weighted by Gasteiger charge is 2.28. The first-order valence-corrected chi connectivity index (χ1v) is 12.0. The van der Waals surface area contributed by atoms with Crippen molar-refractivity contribution in [2.24, 2.45) is 16.8 Å². The summed E-state index contributed by atoms with van der Waals surface area (Å²) in [5.74, 6) is 2.19. The third kappa shape index (κ3) is 6.96. The van der Waals surface area contributed by atoms with Gasteiger partial charge < -0.3 is 15.0 Å². The number of rotatable bonds is 5. The summed E-state index contributed by atoms with van der Waals surface area (Å²) in [6.07, 6.45) is 4.34. The molecule has 10 heteroatoms. The largest absolute Gasteiger partial charge is 0.379 e. The third-order valence-corrected chi connectivity index (χ3v) is 7.31. The molecule has 0 aliphatic carbocycles. The fourth-order valence-electron chi connectivity index (χ4n) is 4.34. The van der Waals surface area contributed by atoms with Gasteiger partial charge in [0.2, 0.25) is 10.0 Å². The molecule has 1 atom stereocenters. The number of piperidine rings is 1. The Morgan fingerprint density at radius 1 is 1.07 bits per heavy atom. The predicted octanol–water partition coefficient (Wildman–Crippen LogP) is 0.506. The number of halogens is 1. The van der Waals surface area contributed by atoms with Gasteiger partial charge in [-0.25, -0.2) is 12.7 Å². The lowest BCUT2D eigenvalue weighted by Crippen LogP contribution is -2.45. The van der Waals surface area contributed by atoms with Gasteiger partial charge in [0.25, 0.3) is 0 Å². The maximum absolute atomic E-state index is 11.6. The van der Waals surface area contributed by atoms with E-state index in [2.05, 4.69) is 20.1 Å². The van der Waals surface area contributed by atoms with Gasteiger partial charge in [0.1, 0.15) is 0 Å². The van der Waals surface area contributed by atoms with E-state index in [0.29, 0.717) is 24.9 Å². The smallest absolute Gasteiger partial charge is 0.211 e. The molecule has 1 N–H and O–H groups in total. The van der Waals surface area contributed by atoms with Crippen LogP contribution in [0.2, 0.25) is 0 Å². The predicted molar refractivity (Wildman–Crippen MR) is 123 cm³/mol. The normalized spacial score (nSPS) is 26.3. The first-order chi connectivity index (χ1) is 13.0. The average Bonchev–Trinajstić information content (AvgIpc) is 3.11. The summed E-state index contributed by atoms with van der Waals surface area (Å²) in [6.45, 7) is 9.23. The lowest BCUT2D eigenvalue weighted by atomic mass is 9.98. The summed E-state index contributed by atoms with van der Waals surface area (Å²) in [4.78, 5) is 9.37. The highest BCUT2D eigenvalue weighted by Crippen LogP contribution is 2.20. The second-order valence-electron chi connectivity index (χ2n) is 8.05. The molecule has 0 radical (unpaired) electrons. The minimum atomic E-state index is -3.05. The van der Waals surface area contributed by atoms with Gasteiger partial charge in [-0.2, -0.15) is 0 Å². The lowest BCUT2D eigenvalue weighted by molar-refractivity contribution is 0.0315. The molecule has 1 unspecified atom stereocenters. The van der Waals surface area contributed by atoms with Crippen molar-refractivity contribution >= 4 is 40.0 Å². The molecule has 0 bridgehead atoms. The van der Waals surface area contributed by atoms with Crippen LogP contribution in [0, 0.1) is 11.8 Å². The van der Waals surface area contributed by atoms with Crippen LogP contribution < -0.4 is 5.32 Å². The highest BCUT2D eigenvalue weighted by atomic mass is 127. The van der Waals surface area contributed by atoms with Crippen molar-refractivity contribution in [2.45, 2.75) is 19.3 Å². The number of likely N-dealkylation sites (tertiary alicyclic amines) is 1. The number of nitrogens with one attached hydrogen (secondary N) is 1. The van der Waals surface area contributed by atoms with Crippen molar-refractivity contribution in [1.29, 1.82) is 0 Å². The van der Waals surface area contributed by atoms with Crippen molar-refractivity contribution in [2.75, 3.05) is 78.9 Å². The summed E-state index contributed by atoms with van der Waals surface area (Å²) in [5.41, 5.74) is 0. The fourth-order valence-corrected chi connectivity index (χ4v) is 5.21. The second kappa shape index (κ2) is 11.3. The highest BCUT2D eigenvalue weighted by molar-refractivity contribution is 14.0. The van der Waals surface area contributed by atoms with Crippen molar-refractivity contribution in [3.05, 3.63) is 0 Å². The van der Waals surface area contributed by atoms with Crippen LogP contribution in [0.15, 0.2) is 4.99 Å². The number of ether oxygens (including phenoxy) is 1. The van der Waals surface area contributed by atoms with Gasteiger partial charge in [0, 0.05) is 59.4 Å². The zero-order valence-electron chi connectivity index (χ0n) is 17.2. The van der Waals surface area contributed by atoms with E-state index in [4.69, 9.17) is 4.74 Å². The molecule has 3 aliphatic heterocycles. The zero-order chi connectivity index (χ0) is 19.3. The summed E-state index contributed by atoms with van der Waals surface area (Å²) < 4.78 is 30.3. The fraction of sp³-hybridized carbons (Fsp3) is 0.944. The molecule has 3 fully saturated rings. The van der Waals surface area contributed by atoms with Crippen molar-refractivity contribution in [1.82, 2.24) is 19.4 Å². The number of hydrogen-bond donors (Lipinski definition) is 1. The molecular formula is C18H36IN5O3S. The Morgan fingerprint density at radius 3 is 2.32 bits per heavy atom.